The van der Waals surface area contributed by atoms with Crippen LogP contribution in [0.3, 0.4) is 0 Å². The van der Waals surface area contributed by atoms with Gasteiger partial charge in [-0.25, -0.2) is 0 Å². The number of nitrogens with one attached hydrogen (secondary N) is 1. The van der Waals surface area contributed by atoms with Crippen LogP contribution in [-0.4, -0.2) is 29.3 Å². The van der Waals surface area contributed by atoms with E-state index in [1.54, 1.807) is 17.0 Å². The molecule has 1 N–H and O–H groups in total. The number of carbonyl (C=O) groups is 2. The van der Waals surface area contributed by atoms with E-state index < -0.39 is 6.04 Å². The molecule has 2 rings (SSSR count). The molecule has 1 atom stereocenters. The molecule has 2 aromatic carbocycles. The Balaban J connectivity index is 2.27. The fraction of sp³-hybridized carbons (Fsp3) is 0.391. The number of rotatable bonds is 9. The van der Waals surface area contributed by atoms with Crippen molar-refractivity contribution in [2.45, 2.75) is 52.6 Å². The highest BCUT2D eigenvalue weighted by Gasteiger charge is 2.28. The number of aryl methyl sites for hydroxylation is 1. The lowest BCUT2D eigenvalue weighted by Crippen LogP contribution is -2.49. The fourth-order valence-corrected chi connectivity index (χ4v) is 3.26. The van der Waals surface area contributed by atoms with Crippen molar-refractivity contribution in [3.05, 3.63) is 70.2 Å². The Labute approximate surface area is 172 Å². The maximum absolute atomic E-state index is 13.2. The Hall–Kier alpha value is -2.33. The summed E-state index contributed by atoms with van der Waals surface area (Å²) < 4.78 is 0. The first-order chi connectivity index (χ1) is 13.5. The number of amides is 2. The maximum atomic E-state index is 13.2. The van der Waals surface area contributed by atoms with Gasteiger partial charge in [-0.15, -0.1) is 0 Å². The monoisotopic (exact) mass is 400 g/mol. The minimum Gasteiger partial charge on any atom is -0.354 e. The van der Waals surface area contributed by atoms with Crippen LogP contribution in [-0.2, 0) is 22.6 Å². The average Bonchev–Trinajstić information content (AvgIpc) is 2.69. The summed E-state index contributed by atoms with van der Waals surface area (Å²) in [7, 11) is 0. The van der Waals surface area contributed by atoms with Crippen molar-refractivity contribution in [3.63, 3.8) is 0 Å². The predicted octanol–water partition coefficient (Wildman–Crippen LogP) is 4.52. The van der Waals surface area contributed by atoms with E-state index in [1.807, 2.05) is 57.2 Å². The Kier molecular flexibility index (Phi) is 8.52. The molecule has 5 heteroatoms. The Morgan fingerprint density at radius 1 is 1.07 bits per heavy atom. The van der Waals surface area contributed by atoms with Crippen LogP contribution >= 0.6 is 11.6 Å². The molecule has 0 spiro atoms. The molecule has 0 saturated carbocycles. The molecule has 0 aromatic heterocycles. The van der Waals surface area contributed by atoms with Gasteiger partial charge in [-0.05, 0) is 48.6 Å². The van der Waals surface area contributed by atoms with Crippen molar-refractivity contribution in [1.29, 1.82) is 0 Å². The standard InChI is InChI=1S/C23H29ClN2O2/c1-4-14-25-23(28)21(5-2)26(16-19-9-7-6-8-17(19)3)22(27)15-18-10-12-20(24)13-11-18/h6-13,21H,4-5,14-16H2,1-3H3,(H,25,28). The first-order valence-electron chi connectivity index (χ1n) is 9.82. The SMILES string of the molecule is CCCNC(=O)C(CC)N(Cc1ccccc1C)C(=O)Cc1ccc(Cl)cc1. The summed E-state index contributed by atoms with van der Waals surface area (Å²) in [5.74, 6) is -0.161. The van der Waals surface area contributed by atoms with Crippen LogP contribution in [0.15, 0.2) is 48.5 Å². The molecule has 0 heterocycles. The van der Waals surface area contributed by atoms with E-state index in [0.717, 1.165) is 23.1 Å². The molecule has 0 saturated heterocycles. The van der Waals surface area contributed by atoms with Crippen molar-refractivity contribution in [1.82, 2.24) is 10.2 Å². The molecule has 28 heavy (non-hydrogen) atoms. The van der Waals surface area contributed by atoms with Crippen LogP contribution in [0.25, 0.3) is 0 Å². The highest BCUT2D eigenvalue weighted by atomic mass is 35.5. The van der Waals surface area contributed by atoms with Crippen LogP contribution < -0.4 is 5.32 Å². The number of hydrogen-bond donors (Lipinski definition) is 1. The zero-order chi connectivity index (χ0) is 20.5. The van der Waals surface area contributed by atoms with Gasteiger partial charge in [0.25, 0.3) is 0 Å². The van der Waals surface area contributed by atoms with Gasteiger partial charge in [-0.3, -0.25) is 9.59 Å². The van der Waals surface area contributed by atoms with Gasteiger partial charge in [0.2, 0.25) is 11.8 Å². The Morgan fingerprint density at radius 3 is 2.36 bits per heavy atom. The van der Waals surface area contributed by atoms with Gasteiger partial charge in [0.15, 0.2) is 0 Å². The molecule has 0 aliphatic carbocycles. The van der Waals surface area contributed by atoms with Crippen LogP contribution in [0.4, 0.5) is 0 Å². The molecule has 150 valence electrons. The van der Waals surface area contributed by atoms with Gasteiger partial charge in [0.1, 0.15) is 6.04 Å². The molecule has 0 fully saturated rings. The van der Waals surface area contributed by atoms with Crippen molar-refractivity contribution in [3.8, 4) is 0 Å². The fourth-order valence-electron chi connectivity index (χ4n) is 3.13. The van der Waals surface area contributed by atoms with Gasteiger partial charge in [-0.1, -0.05) is 61.8 Å². The van der Waals surface area contributed by atoms with E-state index >= 15 is 0 Å². The molecule has 1 unspecified atom stereocenters. The highest BCUT2D eigenvalue weighted by Crippen LogP contribution is 2.18. The molecule has 2 aromatic rings. The predicted molar refractivity (Wildman–Crippen MR) is 114 cm³/mol. The summed E-state index contributed by atoms with van der Waals surface area (Å²) in [6.07, 6.45) is 1.66. The summed E-state index contributed by atoms with van der Waals surface area (Å²) in [6, 6.07) is 14.7. The quantitative estimate of drug-likeness (QED) is 0.672. The van der Waals surface area contributed by atoms with Gasteiger partial charge >= 0.3 is 0 Å². The van der Waals surface area contributed by atoms with E-state index in [2.05, 4.69) is 5.32 Å². The van der Waals surface area contributed by atoms with E-state index in [4.69, 9.17) is 11.6 Å². The molecule has 0 bridgehead atoms. The highest BCUT2D eigenvalue weighted by molar-refractivity contribution is 6.30. The summed E-state index contributed by atoms with van der Waals surface area (Å²) in [6.45, 7) is 7.00. The Bertz CT molecular complexity index is 789. The van der Waals surface area contributed by atoms with E-state index in [9.17, 15) is 9.59 Å². The third-order valence-corrected chi connectivity index (χ3v) is 5.06. The smallest absolute Gasteiger partial charge is 0.242 e. The Morgan fingerprint density at radius 2 is 1.75 bits per heavy atom. The maximum Gasteiger partial charge on any atom is 0.242 e. The van der Waals surface area contributed by atoms with Gasteiger partial charge < -0.3 is 10.2 Å². The number of carbonyl (C=O) groups excluding carboxylic acids is 2. The molecular formula is C23H29ClN2O2. The molecule has 4 nitrogen and oxygen atoms in total. The normalized spacial score (nSPS) is 11.7. The summed E-state index contributed by atoms with van der Waals surface area (Å²) in [5, 5.41) is 3.58. The first kappa shape index (κ1) is 22.0. The third kappa shape index (κ3) is 6.10. The van der Waals surface area contributed by atoms with E-state index in [0.29, 0.717) is 24.5 Å². The minimum absolute atomic E-state index is 0.0657. The molecule has 0 aliphatic heterocycles. The zero-order valence-electron chi connectivity index (χ0n) is 16.9. The zero-order valence-corrected chi connectivity index (χ0v) is 17.6. The van der Waals surface area contributed by atoms with Gasteiger partial charge in [0.05, 0.1) is 6.42 Å². The number of hydrogen-bond acceptors (Lipinski definition) is 2. The summed E-state index contributed by atoms with van der Waals surface area (Å²) >= 11 is 5.95. The molecular weight excluding hydrogens is 372 g/mol. The first-order valence-corrected chi connectivity index (χ1v) is 10.2. The lowest BCUT2D eigenvalue weighted by Gasteiger charge is -2.31. The third-order valence-electron chi connectivity index (χ3n) is 4.81. The summed E-state index contributed by atoms with van der Waals surface area (Å²) in [5.41, 5.74) is 3.04. The van der Waals surface area contributed by atoms with Crippen LogP contribution in [0.1, 0.15) is 43.4 Å². The topological polar surface area (TPSA) is 49.4 Å². The second kappa shape index (κ2) is 10.9. The number of benzene rings is 2. The minimum atomic E-state index is -0.494. The number of halogens is 1. The van der Waals surface area contributed by atoms with Crippen LogP contribution in [0.2, 0.25) is 5.02 Å². The summed E-state index contributed by atoms with van der Waals surface area (Å²) in [4.78, 5) is 27.6. The van der Waals surface area contributed by atoms with Crippen LogP contribution in [0, 0.1) is 6.92 Å². The van der Waals surface area contributed by atoms with Crippen molar-refractivity contribution in [2.24, 2.45) is 0 Å². The van der Waals surface area contributed by atoms with Gasteiger partial charge in [-0.2, -0.15) is 0 Å². The lowest BCUT2D eigenvalue weighted by molar-refractivity contribution is -0.140. The lowest BCUT2D eigenvalue weighted by atomic mass is 10.0. The average molecular weight is 401 g/mol. The molecule has 0 radical (unpaired) electrons. The second-order valence-corrected chi connectivity index (χ2v) is 7.40. The van der Waals surface area contributed by atoms with Gasteiger partial charge in [0, 0.05) is 18.1 Å². The van der Waals surface area contributed by atoms with Crippen LogP contribution in [0.5, 0.6) is 0 Å². The van der Waals surface area contributed by atoms with Crippen molar-refractivity contribution in [2.75, 3.05) is 6.54 Å². The van der Waals surface area contributed by atoms with Crippen molar-refractivity contribution >= 4 is 23.4 Å². The van der Waals surface area contributed by atoms with Crippen molar-refractivity contribution < 1.29 is 9.59 Å². The van der Waals surface area contributed by atoms with E-state index in [-0.39, 0.29) is 18.2 Å². The largest absolute Gasteiger partial charge is 0.354 e. The molecule has 2 amide bonds. The molecule has 0 aliphatic rings. The van der Waals surface area contributed by atoms with E-state index in [1.165, 1.54) is 0 Å². The second-order valence-electron chi connectivity index (χ2n) is 6.97. The number of nitrogens with zero attached hydrogens (tertiary/aromatic N) is 1.